The van der Waals surface area contributed by atoms with Gasteiger partial charge in [0, 0.05) is 10.0 Å². The van der Waals surface area contributed by atoms with E-state index in [0.717, 1.165) is 4.47 Å². The summed E-state index contributed by atoms with van der Waals surface area (Å²) in [5.41, 5.74) is 3.93. The second-order valence-corrected chi connectivity index (χ2v) is 6.74. The zero-order chi connectivity index (χ0) is 18.0. The van der Waals surface area contributed by atoms with Gasteiger partial charge in [-0.2, -0.15) is 0 Å². The first-order chi connectivity index (χ1) is 12.0. The second-order valence-electron chi connectivity index (χ2n) is 5.82. The molecule has 2 aromatic rings. The molecule has 1 fully saturated rings. The first-order valence-electron chi connectivity index (χ1n) is 7.84. The Labute approximate surface area is 154 Å². The summed E-state index contributed by atoms with van der Waals surface area (Å²) in [6.45, 7) is 3.85. The lowest BCUT2D eigenvalue weighted by atomic mass is 10.1. The van der Waals surface area contributed by atoms with Crippen molar-refractivity contribution in [2.45, 2.75) is 20.0 Å². The fraction of sp³-hybridized carbons (Fsp3) is 0.158. The van der Waals surface area contributed by atoms with Crippen molar-refractivity contribution < 1.29 is 14.3 Å². The van der Waals surface area contributed by atoms with Gasteiger partial charge in [-0.05, 0) is 44.2 Å². The van der Waals surface area contributed by atoms with Gasteiger partial charge in [-0.3, -0.25) is 15.0 Å². The summed E-state index contributed by atoms with van der Waals surface area (Å²) in [6.07, 6.45) is 1.55. The summed E-state index contributed by atoms with van der Waals surface area (Å²) >= 11 is 3.36. The molecule has 5 nitrogen and oxygen atoms in total. The number of nitrogens with one attached hydrogen (secondary N) is 1. The van der Waals surface area contributed by atoms with Crippen molar-refractivity contribution in [2.75, 3.05) is 5.01 Å². The standard InChI is InChI=1S/C19H17BrN2O3/c1-12(2)25-17-9-4-3-6-13(17)10-16-18(23)21-22(19(16)24)15-8-5-7-14(20)11-15/h3-12H,1-2H3,(H,21,23)/b16-10+. The number of para-hydroxylation sites is 1. The minimum Gasteiger partial charge on any atom is -0.490 e. The lowest BCUT2D eigenvalue weighted by Gasteiger charge is -2.14. The Morgan fingerprint density at radius 2 is 1.88 bits per heavy atom. The van der Waals surface area contributed by atoms with Gasteiger partial charge in [0.05, 0.1) is 11.8 Å². The minimum atomic E-state index is -0.440. The van der Waals surface area contributed by atoms with Crippen LogP contribution < -0.4 is 15.2 Å². The number of hydrazine groups is 1. The molecule has 0 unspecified atom stereocenters. The van der Waals surface area contributed by atoms with Crippen molar-refractivity contribution in [3.63, 3.8) is 0 Å². The number of carbonyl (C=O) groups is 2. The predicted octanol–water partition coefficient (Wildman–Crippen LogP) is 3.70. The van der Waals surface area contributed by atoms with Crippen LogP contribution in [-0.2, 0) is 9.59 Å². The highest BCUT2D eigenvalue weighted by atomic mass is 79.9. The molecular formula is C19H17BrN2O3. The number of hydrogen-bond acceptors (Lipinski definition) is 3. The average molecular weight is 401 g/mol. The third-order valence-electron chi connectivity index (χ3n) is 3.54. The van der Waals surface area contributed by atoms with Crippen LogP contribution in [0.5, 0.6) is 5.75 Å². The van der Waals surface area contributed by atoms with Crippen molar-refractivity contribution in [1.82, 2.24) is 5.43 Å². The molecule has 0 bridgehead atoms. The SMILES string of the molecule is CC(C)Oc1ccccc1/C=C1\C(=O)NN(c2cccc(Br)c2)C1=O. The van der Waals surface area contributed by atoms with E-state index in [2.05, 4.69) is 21.4 Å². The molecule has 0 aliphatic carbocycles. The Hall–Kier alpha value is -2.60. The molecule has 1 N–H and O–H groups in total. The van der Waals surface area contributed by atoms with Gasteiger partial charge < -0.3 is 4.74 Å². The maximum Gasteiger partial charge on any atom is 0.282 e. The molecular weight excluding hydrogens is 384 g/mol. The highest BCUT2D eigenvalue weighted by Gasteiger charge is 2.34. The Morgan fingerprint density at radius 1 is 1.12 bits per heavy atom. The number of nitrogens with zero attached hydrogens (tertiary/aromatic N) is 1. The van der Waals surface area contributed by atoms with Gasteiger partial charge in [-0.25, -0.2) is 5.01 Å². The fourth-order valence-corrected chi connectivity index (χ4v) is 2.86. The number of benzene rings is 2. The first kappa shape index (κ1) is 17.2. The molecule has 0 saturated carbocycles. The smallest absolute Gasteiger partial charge is 0.282 e. The van der Waals surface area contributed by atoms with E-state index < -0.39 is 11.8 Å². The van der Waals surface area contributed by atoms with Crippen molar-refractivity contribution in [1.29, 1.82) is 0 Å². The molecule has 2 amide bonds. The summed E-state index contributed by atoms with van der Waals surface area (Å²) in [5, 5.41) is 1.24. The zero-order valence-corrected chi connectivity index (χ0v) is 15.4. The first-order valence-corrected chi connectivity index (χ1v) is 8.63. The van der Waals surface area contributed by atoms with Crippen molar-refractivity contribution >= 4 is 39.5 Å². The molecule has 6 heteroatoms. The molecule has 0 spiro atoms. The summed E-state index contributed by atoms with van der Waals surface area (Å²) < 4.78 is 6.57. The van der Waals surface area contributed by atoms with E-state index in [4.69, 9.17) is 4.74 Å². The van der Waals surface area contributed by atoms with Gasteiger partial charge in [0.1, 0.15) is 11.3 Å². The van der Waals surface area contributed by atoms with Gasteiger partial charge in [0.15, 0.2) is 0 Å². The van der Waals surface area contributed by atoms with Crippen LogP contribution in [-0.4, -0.2) is 17.9 Å². The Balaban J connectivity index is 1.95. The second kappa shape index (κ2) is 7.11. The third-order valence-corrected chi connectivity index (χ3v) is 4.03. The highest BCUT2D eigenvalue weighted by molar-refractivity contribution is 9.10. The van der Waals surface area contributed by atoms with Gasteiger partial charge in [-0.15, -0.1) is 0 Å². The fourth-order valence-electron chi connectivity index (χ4n) is 2.47. The molecule has 25 heavy (non-hydrogen) atoms. The van der Waals surface area contributed by atoms with Crippen LogP contribution in [0.15, 0.2) is 58.6 Å². The van der Waals surface area contributed by atoms with Crippen LogP contribution >= 0.6 is 15.9 Å². The molecule has 2 aromatic carbocycles. The molecule has 0 radical (unpaired) electrons. The third kappa shape index (κ3) is 3.74. The van der Waals surface area contributed by atoms with Crippen LogP contribution in [0.3, 0.4) is 0 Å². The van der Waals surface area contributed by atoms with E-state index in [-0.39, 0.29) is 11.7 Å². The molecule has 0 aromatic heterocycles. The maximum atomic E-state index is 12.7. The normalized spacial score (nSPS) is 15.8. The van der Waals surface area contributed by atoms with Gasteiger partial charge in [0.25, 0.3) is 11.8 Å². The maximum absolute atomic E-state index is 12.7. The van der Waals surface area contributed by atoms with Crippen molar-refractivity contribution in [3.8, 4) is 5.75 Å². The van der Waals surface area contributed by atoms with Gasteiger partial charge in [-0.1, -0.05) is 40.2 Å². The van der Waals surface area contributed by atoms with Crippen molar-refractivity contribution in [3.05, 3.63) is 64.1 Å². The molecule has 128 valence electrons. The molecule has 0 atom stereocenters. The van der Waals surface area contributed by atoms with Gasteiger partial charge in [0.2, 0.25) is 0 Å². The van der Waals surface area contributed by atoms with Crippen LogP contribution in [0, 0.1) is 0 Å². The average Bonchev–Trinajstić information content (AvgIpc) is 2.84. The zero-order valence-electron chi connectivity index (χ0n) is 13.8. The number of anilines is 1. The number of rotatable bonds is 4. The number of carbonyl (C=O) groups excluding carboxylic acids is 2. The van der Waals surface area contributed by atoms with Gasteiger partial charge >= 0.3 is 0 Å². The Morgan fingerprint density at radius 3 is 2.60 bits per heavy atom. The number of hydrogen-bond donors (Lipinski definition) is 1. The van der Waals surface area contributed by atoms with E-state index in [1.165, 1.54) is 5.01 Å². The van der Waals surface area contributed by atoms with Crippen molar-refractivity contribution in [2.24, 2.45) is 0 Å². The quantitative estimate of drug-likeness (QED) is 0.628. The van der Waals surface area contributed by atoms with E-state index in [0.29, 0.717) is 17.0 Å². The van der Waals surface area contributed by atoms with Crippen LogP contribution in [0.2, 0.25) is 0 Å². The highest BCUT2D eigenvalue weighted by Crippen LogP contribution is 2.27. The van der Waals surface area contributed by atoms with E-state index >= 15 is 0 Å². The largest absolute Gasteiger partial charge is 0.490 e. The number of amides is 2. The Kier molecular flexibility index (Phi) is 4.90. The molecule has 1 heterocycles. The monoisotopic (exact) mass is 400 g/mol. The van der Waals surface area contributed by atoms with Crippen LogP contribution in [0.25, 0.3) is 6.08 Å². The molecule has 1 aliphatic heterocycles. The van der Waals surface area contributed by atoms with E-state index in [9.17, 15) is 9.59 Å². The summed E-state index contributed by atoms with van der Waals surface area (Å²) in [6, 6.07) is 14.5. The molecule has 3 rings (SSSR count). The predicted molar refractivity (Wildman–Crippen MR) is 100.0 cm³/mol. The Bertz CT molecular complexity index is 861. The minimum absolute atomic E-state index is 0.00850. The lowest BCUT2D eigenvalue weighted by molar-refractivity contribution is -0.117. The lowest BCUT2D eigenvalue weighted by Crippen LogP contribution is -2.35. The molecule has 1 aliphatic rings. The number of ether oxygens (including phenoxy) is 1. The summed E-state index contributed by atoms with van der Waals surface area (Å²) in [7, 11) is 0. The number of halogens is 1. The summed E-state index contributed by atoms with van der Waals surface area (Å²) in [5.74, 6) is -0.210. The van der Waals surface area contributed by atoms with E-state index in [1.807, 2.05) is 44.2 Å². The topological polar surface area (TPSA) is 58.6 Å². The van der Waals surface area contributed by atoms with E-state index in [1.54, 1.807) is 24.3 Å². The van der Waals surface area contributed by atoms with Crippen LogP contribution in [0.1, 0.15) is 19.4 Å². The molecule has 1 saturated heterocycles. The van der Waals surface area contributed by atoms with Crippen LogP contribution in [0.4, 0.5) is 5.69 Å². The summed E-state index contributed by atoms with van der Waals surface area (Å²) in [4.78, 5) is 25.0.